The second-order valence-electron chi connectivity index (χ2n) is 14.7. The maximum absolute atomic E-state index is 5.30. The Hall–Kier alpha value is -7.36. The predicted octanol–water partition coefficient (Wildman–Crippen LogP) is 13.7. The molecule has 1 aliphatic heterocycles. The lowest BCUT2D eigenvalue weighted by molar-refractivity contribution is 0.988. The molecule has 57 heavy (non-hydrogen) atoms. The summed E-state index contributed by atoms with van der Waals surface area (Å²) in [4.78, 5) is 10.4. The molecule has 7 aromatic carbocycles. The van der Waals surface area contributed by atoms with Gasteiger partial charge in [0.1, 0.15) is 5.65 Å². The SMILES string of the molecule is C=C1Cc2ccccc2N=C(c2ccccc2)C1c1ccc(-c2cc(-c3ccccc3)cc(-c3ccc(-c4nc5ccccn5c4-c4ccccc4)cc3)c2)cc1. The molecule has 10 rings (SSSR count). The third-order valence-electron chi connectivity index (χ3n) is 11.1. The van der Waals surface area contributed by atoms with Crippen molar-refractivity contribution in [2.24, 2.45) is 4.99 Å². The summed E-state index contributed by atoms with van der Waals surface area (Å²) in [6, 6.07) is 71.2. The van der Waals surface area contributed by atoms with Crippen molar-refractivity contribution >= 4 is 17.0 Å². The van der Waals surface area contributed by atoms with Gasteiger partial charge in [0.15, 0.2) is 0 Å². The first kappa shape index (κ1) is 34.2. The molecule has 0 radical (unpaired) electrons. The van der Waals surface area contributed by atoms with Crippen LogP contribution in [-0.2, 0) is 6.42 Å². The number of pyridine rings is 1. The van der Waals surface area contributed by atoms with Gasteiger partial charge in [-0.25, -0.2) is 4.98 Å². The zero-order valence-electron chi connectivity index (χ0n) is 31.5. The Balaban J connectivity index is 1.03. The summed E-state index contributed by atoms with van der Waals surface area (Å²) < 4.78 is 2.18. The Kier molecular flexibility index (Phi) is 8.81. The van der Waals surface area contributed by atoms with Crippen LogP contribution in [0, 0.1) is 0 Å². The van der Waals surface area contributed by atoms with Crippen molar-refractivity contribution < 1.29 is 0 Å². The lowest BCUT2D eigenvalue weighted by Crippen LogP contribution is -2.16. The second kappa shape index (κ2) is 14.7. The van der Waals surface area contributed by atoms with E-state index in [1.807, 2.05) is 6.07 Å². The topological polar surface area (TPSA) is 29.7 Å². The number of imidazole rings is 1. The monoisotopic (exact) mass is 729 g/mol. The van der Waals surface area contributed by atoms with Crippen LogP contribution in [-0.4, -0.2) is 15.1 Å². The number of aromatic nitrogens is 2. The minimum absolute atomic E-state index is 0.0334. The molecule has 270 valence electrons. The van der Waals surface area contributed by atoms with Gasteiger partial charge in [-0.1, -0.05) is 176 Å². The van der Waals surface area contributed by atoms with E-state index in [1.165, 1.54) is 22.3 Å². The average molecular weight is 730 g/mol. The lowest BCUT2D eigenvalue weighted by atomic mass is 9.82. The van der Waals surface area contributed by atoms with Gasteiger partial charge in [-0.3, -0.25) is 9.39 Å². The van der Waals surface area contributed by atoms with Crippen molar-refractivity contribution in [3.8, 4) is 55.9 Å². The number of para-hydroxylation sites is 1. The van der Waals surface area contributed by atoms with Crippen LogP contribution in [0.15, 0.2) is 224 Å². The van der Waals surface area contributed by atoms with Crippen molar-refractivity contribution in [2.45, 2.75) is 12.3 Å². The van der Waals surface area contributed by atoms with E-state index < -0.39 is 0 Å². The highest BCUT2D eigenvalue weighted by atomic mass is 15.0. The van der Waals surface area contributed by atoms with E-state index >= 15 is 0 Å². The van der Waals surface area contributed by atoms with E-state index in [0.29, 0.717) is 0 Å². The van der Waals surface area contributed by atoms with E-state index in [1.54, 1.807) is 0 Å². The highest BCUT2D eigenvalue weighted by Crippen LogP contribution is 2.40. The first-order chi connectivity index (χ1) is 28.2. The van der Waals surface area contributed by atoms with Gasteiger partial charge in [0.25, 0.3) is 0 Å². The Morgan fingerprint density at radius 3 is 1.61 bits per heavy atom. The van der Waals surface area contributed by atoms with Crippen LogP contribution in [0.4, 0.5) is 5.69 Å². The molecule has 0 spiro atoms. The van der Waals surface area contributed by atoms with E-state index in [-0.39, 0.29) is 5.92 Å². The van der Waals surface area contributed by atoms with Crippen LogP contribution in [0.3, 0.4) is 0 Å². The molecular weight excluding hydrogens is 691 g/mol. The van der Waals surface area contributed by atoms with Gasteiger partial charge in [-0.05, 0) is 92.9 Å². The first-order valence-corrected chi connectivity index (χ1v) is 19.5. The number of rotatable bonds is 7. The zero-order valence-corrected chi connectivity index (χ0v) is 31.5. The summed E-state index contributed by atoms with van der Waals surface area (Å²) >= 11 is 0. The summed E-state index contributed by atoms with van der Waals surface area (Å²) in [6.07, 6.45) is 2.88. The van der Waals surface area contributed by atoms with Crippen LogP contribution in [0.25, 0.3) is 61.5 Å². The molecule has 9 aromatic rings. The van der Waals surface area contributed by atoms with Gasteiger partial charge in [0.05, 0.1) is 22.8 Å². The van der Waals surface area contributed by atoms with Crippen molar-refractivity contribution in [3.05, 3.63) is 235 Å². The van der Waals surface area contributed by atoms with E-state index in [0.717, 1.165) is 79.4 Å². The molecule has 1 atom stereocenters. The summed E-state index contributed by atoms with van der Waals surface area (Å²) in [5, 5.41) is 0. The third kappa shape index (κ3) is 6.60. The highest BCUT2D eigenvalue weighted by molar-refractivity contribution is 6.09. The van der Waals surface area contributed by atoms with Crippen LogP contribution in [0.2, 0.25) is 0 Å². The van der Waals surface area contributed by atoms with Crippen molar-refractivity contribution in [3.63, 3.8) is 0 Å². The molecule has 1 unspecified atom stereocenters. The minimum Gasteiger partial charge on any atom is -0.299 e. The molecule has 1 aliphatic rings. The molecule has 0 saturated heterocycles. The van der Waals surface area contributed by atoms with E-state index in [2.05, 4.69) is 211 Å². The van der Waals surface area contributed by atoms with Gasteiger partial charge in [0.2, 0.25) is 0 Å². The second-order valence-corrected chi connectivity index (χ2v) is 14.7. The lowest BCUT2D eigenvalue weighted by Gasteiger charge is -2.21. The number of fused-ring (bicyclic) bond motifs is 2. The normalized spacial score (nSPS) is 13.9. The van der Waals surface area contributed by atoms with Gasteiger partial charge < -0.3 is 0 Å². The maximum atomic E-state index is 5.30. The largest absolute Gasteiger partial charge is 0.299 e. The van der Waals surface area contributed by atoms with Crippen molar-refractivity contribution in [1.29, 1.82) is 0 Å². The van der Waals surface area contributed by atoms with Gasteiger partial charge in [-0.2, -0.15) is 0 Å². The summed E-state index contributed by atoms with van der Waals surface area (Å²) in [6.45, 7) is 4.65. The van der Waals surface area contributed by atoms with Gasteiger partial charge >= 0.3 is 0 Å². The fourth-order valence-corrected chi connectivity index (χ4v) is 8.25. The summed E-state index contributed by atoms with van der Waals surface area (Å²) in [7, 11) is 0. The third-order valence-corrected chi connectivity index (χ3v) is 11.1. The Morgan fingerprint density at radius 1 is 0.456 bits per heavy atom. The Labute approximate surface area is 333 Å². The highest BCUT2D eigenvalue weighted by Gasteiger charge is 2.27. The molecule has 3 nitrogen and oxygen atoms in total. The van der Waals surface area contributed by atoms with E-state index in [9.17, 15) is 0 Å². The number of benzene rings is 7. The molecule has 3 heterocycles. The summed E-state index contributed by atoms with van der Waals surface area (Å²) in [5.41, 5.74) is 18.9. The smallest absolute Gasteiger partial charge is 0.137 e. The number of hydrogen-bond acceptors (Lipinski definition) is 2. The van der Waals surface area contributed by atoms with Crippen LogP contribution < -0.4 is 0 Å². The molecule has 2 aromatic heterocycles. The standard InChI is InChI=1S/C54H39N3/c1-37-33-45-21-11-12-22-49(45)55-52(42-17-7-3-8-18-42)51(37)41-28-24-39(25-29-41)47-34-46(38-15-5-2-6-16-38)35-48(36-47)40-26-30-43(31-27-40)53-54(44-19-9-4-10-20-44)57-32-14-13-23-50(57)56-53/h2-32,34-36,51H,1,33H2. The first-order valence-electron chi connectivity index (χ1n) is 19.5. The van der Waals surface area contributed by atoms with E-state index in [4.69, 9.17) is 9.98 Å². The van der Waals surface area contributed by atoms with Crippen LogP contribution in [0.1, 0.15) is 22.6 Å². The minimum atomic E-state index is -0.0334. The molecule has 0 bridgehead atoms. The van der Waals surface area contributed by atoms with Crippen molar-refractivity contribution in [2.75, 3.05) is 0 Å². The molecule has 0 fully saturated rings. The molecule has 3 heteroatoms. The Bertz CT molecular complexity index is 2900. The fraction of sp³-hybridized carbons (Fsp3) is 0.0370. The fourth-order valence-electron chi connectivity index (χ4n) is 8.25. The molecule has 0 N–H and O–H groups in total. The molecule has 0 saturated carbocycles. The number of aliphatic imine (C=N–C) groups is 1. The van der Waals surface area contributed by atoms with Crippen LogP contribution in [0.5, 0.6) is 0 Å². The zero-order chi connectivity index (χ0) is 38.1. The number of nitrogens with zero attached hydrogens (tertiary/aromatic N) is 3. The van der Waals surface area contributed by atoms with Gasteiger partial charge in [-0.15, -0.1) is 0 Å². The molecule has 0 aliphatic carbocycles. The predicted molar refractivity (Wildman–Crippen MR) is 237 cm³/mol. The number of allylic oxidation sites excluding steroid dienone is 1. The quantitative estimate of drug-likeness (QED) is 0.150. The molecule has 0 amide bonds. The maximum Gasteiger partial charge on any atom is 0.137 e. The molecular formula is C54H39N3. The number of hydrogen-bond donors (Lipinski definition) is 0. The van der Waals surface area contributed by atoms with Gasteiger partial charge in [0, 0.05) is 23.2 Å². The summed E-state index contributed by atoms with van der Waals surface area (Å²) in [5.74, 6) is -0.0334. The average Bonchev–Trinajstić information content (AvgIpc) is 3.60. The Morgan fingerprint density at radius 2 is 0.965 bits per heavy atom. The van der Waals surface area contributed by atoms with Crippen molar-refractivity contribution in [1.82, 2.24) is 9.38 Å². The van der Waals surface area contributed by atoms with Crippen LogP contribution >= 0.6 is 0 Å².